The molecule has 20 heavy (non-hydrogen) atoms. The molecule has 1 heterocycles. The van der Waals surface area contributed by atoms with Crippen LogP contribution in [0.2, 0.25) is 0 Å². The van der Waals surface area contributed by atoms with E-state index in [4.69, 9.17) is 14.4 Å². The third-order valence-electron chi connectivity index (χ3n) is 2.59. The van der Waals surface area contributed by atoms with E-state index in [1.165, 1.54) is 0 Å². The van der Waals surface area contributed by atoms with Crippen LogP contribution in [-0.4, -0.2) is 18.6 Å². The fraction of sp³-hybridized carbons (Fsp3) is 0.200. The van der Waals surface area contributed by atoms with Crippen molar-refractivity contribution < 1.29 is 9.15 Å². The van der Waals surface area contributed by atoms with Gasteiger partial charge in [0.2, 0.25) is 17.5 Å². The molecule has 0 fully saturated rings. The molecule has 0 saturated carbocycles. The summed E-state index contributed by atoms with van der Waals surface area (Å²) in [6.45, 7) is 2.59. The van der Waals surface area contributed by atoms with E-state index in [0.717, 1.165) is 11.3 Å². The second-order valence-electron chi connectivity index (χ2n) is 3.93. The maximum atomic E-state index is 8.88. The number of aromatic nitrogens is 1. The van der Waals surface area contributed by atoms with Crippen molar-refractivity contribution in [1.29, 1.82) is 5.26 Å². The summed E-state index contributed by atoms with van der Waals surface area (Å²) in [6, 6.07) is 9.65. The first-order valence-electron chi connectivity index (χ1n) is 6.26. The summed E-state index contributed by atoms with van der Waals surface area (Å²) in [6.07, 6.45) is 3.58. The van der Waals surface area contributed by atoms with Gasteiger partial charge in [-0.3, -0.25) is 0 Å². The fourth-order valence-corrected chi connectivity index (χ4v) is 1.66. The van der Waals surface area contributed by atoms with Gasteiger partial charge in [0.15, 0.2) is 0 Å². The van der Waals surface area contributed by atoms with Crippen molar-refractivity contribution in [2.45, 2.75) is 6.92 Å². The topological polar surface area (TPSA) is 71.1 Å². The average Bonchev–Trinajstić information content (AvgIpc) is 2.89. The first-order valence-corrected chi connectivity index (χ1v) is 6.26. The Morgan fingerprint density at radius 3 is 2.65 bits per heavy atom. The summed E-state index contributed by atoms with van der Waals surface area (Å²) < 4.78 is 10.8. The molecule has 0 saturated heterocycles. The number of benzene rings is 1. The molecule has 0 aliphatic carbocycles. The van der Waals surface area contributed by atoms with Crippen LogP contribution in [0.25, 0.3) is 12.2 Å². The molecule has 0 bridgehead atoms. The first kappa shape index (κ1) is 13.7. The van der Waals surface area contributed by atoms with Crippen molar-refractivity contribution in [3.8, 4) is 11.8 Å². The molecule has 0 aliphatic heterocycles. The predicted octanol–water partition coefficient (Wildman–Crippen LogP) is 3.16. The minimum Gasteiger partial charge on any atom is -0.494 e. The molecule has 1 aromatic heterocycles. The molecular weight excluding hydrogens is 254 g/mol. The summed E-state index contributed by atoms with van der Waals surface area (Å²) in [5, 5.41) is 11.7. The highest BCUT2D eigenvalue weighted by Crippen LogP contribution is 2.18. The second-order valence-corrected chi connectivity index (χ2v) is 3.93. The molecule has 1 N–H and O–H groups in total. The van der Waals surface area contributed by atoms with Crippen molar-refractivity contribution in [2.75, 3.05) is 19.0 Å². The number of ether oxygens (including phenoxy) is 1. The minimum absolute atomic E-state index is 0.249. The monoisotopic (exact) mass is 269 g/mol. The Morgan fingerprint density at radius 1 is 1.35 bits per heavy atom. The van der Waals surface area contributed by atoms with Crippen LogP contribution in [-0.2, 0) is 0 Å². The maximum absolute atomic E-state index is 8.88. The van der Waals surface area contributed by atoms with Gasteiger partial charge in [0.05, 0.1) is 6.61 Å². The number of rotatable bonds is 5. The van der Waals surface area contributed by atoms with Gasteiger partial charge in [-0.15, -0.1) is 0 Å². The molecule has 0 spiro atoms. The Kier molecular flexibility index (Phi) is 4.40. The number of oxazole rings is 1. The summed E-state index contributed by atoms with van der Waals surface area (Å²) in [5.74, 6) is 1.60. The van der Waals surface area contributed by atoms with Crippen molar-refractivity contribution >= 4 is 18.0 Å². The van der Waals surface area contributed by atoms with E-state index in [1.807, 2.05) is 43.3 Å². The van der Waals surface area contributed by atoms with Crippen LogP contribution in [0.4, 0.5) is 5.88 Å². The lowest BCUT2D eigenvalue weighted by atomic mass is 10.2. The number of hydrogen-bond donors (Lipinski definition) is 1. The van der Waals surface area contributed by atoms with Crippen molar-refractivity contribution in [2.24, 2.45) is 0 Å². The second kappa shape index (κ2) is 6.43. The summed E-state index contributed by atoms with van der Waals surface area (Å²) >= 11 is 0. The zero-order valence-electron chi connectivity index (χ0n) is 11.4. The number of hydrogen-bond acceptors (Lipinski definition) is 5. The highest BCUT2D eigenvalue weighted by Gasteiger charge is 2.08. The van der Waals surface area contributed by atoms with Gasteiger partial charge in [-0.2, -0.15) is 10.2 Å². The van der Waals surface area contributed by atoms with Crippen LogP contribution in [0.1, 0.15) is 24.1 Å². The normalized spacial score (nSPS) is 10.4. The van der Waals surface area contributed by atoms with Crippen LogP contribution < -0.4 is 10.1 Å². The third kappa shape index (κ3) is 3.18. The van der Waals surface area contributed by atoms with Crippen molar-refractivity contribution in [3.05, 3.63) is 41.4 Å². The molecule has 2 aromatic rings. The van der Waals surface area contributed by atoms with E-state index in [-0.39, 0.29) is 5.69 Å². The van der Waals surface area contributed by atoms with E-state index < -0.39 is 0 Å². The molecule has 5 nitrogen and oxygen atoms in total. The Morgan fingerprint density at radius 2 is 2.10 bits per heavy atom. The van der Waals surface area contributed by atoms with Crippen LogP contribution in [0.5, 0.6) is 5.75 Å². The van der Waals surface area contributed by atoms with Crippen LogP contribution in [0.3, 0.4) is 0 Å². The summed E-state index contributed by atoms with van der Waals surface area (Å²) in [7, 11) is 1.68. The van der Waals surface area contributed by atoms with Crippen LogP contribution in [0.15, 0.2) is 28.7 Å². The zero-order chi connectivity index (χ0) is 14.4. The lowest BCUT2D eigenvalue weighted by Gasteiger charge is -2.01. The van der Waals surface area contributed by atoms with E-state index in [9.17, 15) is 0 Å². The van der Waals surface area contributed by atoms with Gasteiger partial charge >= 0.3 is 0 Å². The van der Waals surface area contributed by atoms with Crippen LogP contribution >= 0.6 is 0 Å². The molecule has 0 atom stereocenters. The average molecular weight is 269 g/mol. The minimum atomic E-state index is 0.249. The number of nitrogens with zero attached hydrogens (tertiary/aromatic N) is 2. The zero-order valence-corrected chi connectivity index (χ0v) is 11.4. The molecule has 2 rings (SSSR count). The molecule has 0 amide bonds. The lowest BCUT2D eigenvalue weighted by molar-refractivity contribution is 0.340. The molecular formula is C15H15N3O2. The largest absolute Gasteiger partial charge is 0.494 e. The molecule has 1 aromatic carbocycles. The molecule has 0 aliphatic rings. The van der Waals surface area contributed by atoms with Gasteiger partial charge < -0.3 is 14.5 Å². The lowest BCUT2D eigenvalue weighted by Crippen LogP contribution is -1.90. The first-order chi connectivity index (χ1) is 9.76. The summed E-state index contributed by atoms with van der Waals surface area (Å²) in [5.41, 5.74) is 1.25. The maximum Gasteiger partial charge on any atom is 0.232 e. The Labute approximate surface area is 117 Å². The highest BCUT2D eigenvalue weighted by atomic mass is 16.5. The Balaban J connectivity index is 2.12. The van der Waals surface area contributed by atoms with E-state index in [1.54, 1.807) is 13.1 Å². The van der Waals surface area contributed by atoms with Gasteiger partial charge in [-0.25, -0.2) is 0 Å². The van der Waals surface area contributed by atoms with Gasteiger partial charge in [-0.1, -0.05) is 12.1 Å². The quantitative estimate of drug-likeness (QED) is 0.902. The molecule has 102 valence electrons. The Bertz CT molecular complexity index is 636. The van der Waals surface area contributed by atoms with Gasteiger partial charge in [-0.05, 0) is 30.7 Å². The van der Waals surface area contributed by atoms with Crippen molar-refractivity contribution in [3.63, 3.8) is 0 Å². The van der Waals surface area contributed by atoms with Crippen molar-refractivity contribution in [1.82, 2.24) is 4.98 Å². The number of anilines is 1. The molecule has 5 heteroatoms. The smallest absolute Gasteiger partial charge is 0.232 e. The summed E-state index contributed by atoms with van der Waals surface area (Å²) in [4.78, 5) is 4.06. The highest BCUT2D eigenvalue weighted by molar-refractivity contribution is 5.67. The van der Waals surface area contributed by atoms with E-state index in [0.29, 0.717) is 18.4 Å². The Hall–Kier alpha value is -2.74. The SMILES string of the molecule is CCOc1ccc(C=Cc2nc(C#N)c(NC)o2)cc1. The van der Waals surface area contributed by atoms with Gasteiger partial charge in [0.25, 0.3) is 0 Å². The fourth-order valence-electron chi connectivity index (χ4n) is 1.66. The van der Waals surface area contributed by atoms with Gasteiger partial charge in [0.1, 0.15) is 11.8 Å². The van der Waals surface area contributed by atoms with Gasteiger partial charge in [0, 0.05) is 13.1 Å². The number of nitrogens with one attached hydrogen (secondary N) is 1. The molecule has 0 radical (unpaired) electrons. The number of nitriles is 1. The van der Waals surface area contributed by atoms with E-state index in [2.05, 4.69) is 10.3 Å². The van der Waals surface area contributed by atoms with E-state index >= 15 is 0 Å². The third-order valence-corrected chi connectivity index (χ3v) is 2.59. The standard InChI is InChI=1S/C15H15N3O2/c1-3-19-12-7-4-11(5-8-12)6-9-14-18-13(10-16)15(17-2)20-14/h4-9,17H,3H2,1-2H3. The molecule has 0 unspecified atom stereocenters. The predicted molar refractivity (Wildman–Crippen MR) is 77.3 cm³/mol. The van der Waals surface area contributed by atoms with Crippen LogP contribution in [0, 0.1) is 11.3 Å².